The van der Waals surface area contributed by atoms with Crippen molar-refractivity contribution in [3.05, 3.63) is 46.4 Å². The van der Waals surface area contributed by atoms with Crippen molar-refractivity contribution in [1.29, 1.82) is 0 Å². The van der Waals surface area contributed by atoms with Crippen LogP contribution in [0.25, 0.3) is 22.4 Å². The van der Waals surface area contributed by atoms with E-state index in [4.69, 9.17) is 23.2 Å². The lowest BCUT2D eigenvalue weighted by molar-refractivity contribution is 0.476. The zero-order valence-electron chi connectivity index (χ0n) is 10.8. The Morgan fingerprint density at radius 3 is 2.55 bits per heavy atom. The third-order valence-corrected chi connectivity index (χ3v) is 3.70. The topological polar surface area (TPSA) is 38.0 Å². The van der Waals surface area contributed by atoms with E-state index >= 15 is 0 Å². The average Bonchev–Trinajstić information content (AvgIpc) is 2.78. The predicted molar refractivity (Wildman–Crippen MR) is 82.5 cm³/mol. The molecule has 0 spiro atoms. The van der Waals surface area contributed by atoms with Crippen molar-refractivity contribution < 1.29 is 5.11 Å². The molecule has 0 unspecified atom stereocenters. The molecular weight excluding hydrogens is 295 g/mol. The van der Waals surface area contributed by atoms with Gasteiger partial charge in [-0.2, -0.15) is 0 Å². The normalized spacial score (nSPS) is 11.2. The van der Waals surface area contributed by atoms with Crippen LogP contribution >= 0.6 is 23.2 Å². The molecule has 2 aromatic carbocycles. The van der Waals surface area contributed by atoms with Gasteiger partial charge in [0.2, 0.25) is 0 Å². The molecule has 0 amide bonds. The molecule has 1 N–H and O–H groups in total. The first-order valence-electron chi connectivity index (χ1n) is 6.25. The number of aromatic hydroxyl groups is 1. The van der Waals surface area contributed by atoms with Gasteiger partial charge in [-0.3, -0.25) is 0 Å². The molecule has 0 aliphatic rings. The van der Waals surface area contributed by atoms with Crippen molar-refractivity contribution in [2.24, 2.45) is 0 Å². The van der Waals surface area contributed by atoms with Crippen LogP contribution in [0.5, 0.6) is 5.75 Å². The Hall–Kier alpha value is -1.71. The third kappa shape index (κ3) is 2.13. The maximum Gasteiger partial charge on any atom is 0.144 e. The Kier molecular flexibility index (Phi) is 3.32. The van der Waals surface area contributed by atoms with Crippen LogP contribution in [0.3, 0.4) is 0 Å². The SMILES string of the molecule is CCn1c(-c2cc(Cl)ccc2O)nc2cc(Cl)ccc21. The summed E-state index contributed by atoms with van der Waals surface area (Å²) in [5.74, 6) is 0.843. The summed E-state index contributed by atoms with van der Waals surface area (Å²) in [6, 6.07) is 10.5. The Labute approximate surface area is 126 Å². The Morgan fingerprint density at radius 1 is 1.10 bits per heavy atom. The zero-order valence-corrected chi connectivity index (χ0v) is 12.3. The summed E-state index contributed by atoms with van der Waals surface area (Å²) in [6.45, 7) is 2.76. The first-order valence-corrected chi connectivity index (χ1v) is 7.00. The number of fused-ring (bicyclic) bond motifs is 1. The molecule has 1 heterocycles. The summed E-state index contributed by atoms with van der Waals surface area (Å²) in [7, 11) is 0. The Balaban J connectivity index is 2.32. The summed E-state index contributed by atoms with van der Waals surface area (Å²) in [4.78, 5) is 4.58. The summed E-state index contributed by atoms with van der Waals surface area (Å²) >= 11 is 12.0. The van der Waals surface area contributed by atoms with E-state index in [-0.39, 0.29) is 5.75 Å². The van der Waals surface area contributed by atoms with Crippen LogP contribution in [0.1, 0.15) is 6.92 Å². The van der Waals surface area contributed by atoms with Crippen LogP contribution in [0.2, 0.25) is 10.0 Å². The second-order valence-corrected chi connectivity index (χ2v) is 5.35. The molecule has 102 valence electrons. The fourth-order valence-electron chi connectivity index (χ4n) is 2.32. The molecule has 0 aliphatic carbocycles. The average molecular weight is 307 g/mol. The number of rotatable bonds is 2. The number of hydrogen-bond acceptors (Lipinski definition) is 2. The van der Waals surface area contributed by atoms with E-state index in [1.807, 2.05) is 29.7 Å². The van der Waals surface area contributed by atoms with E-state index in [2.05, 4.69) is 4.98 Å². The van der Waals surface area contributed by atoms with Gasteiger partial charge >= 0.3 is 0 Å². The van der Waals surface area contributed by atoms with Crippen LogP contribution in [-0.2, 0) is 6.54 Å². The smallest absolute Gasteiger partial charge is 0.144 e. The van der Waals surface area contributed by atoms with Crippen molar-refractivity contribution in [1.82, 2.24) is 9.55 Å². The minimum absolute atomic E-state index is 0.158. The van der Waals surface area contributed by atoms with Gasteiger partial charge in [0.1, 0.15) is 11.6 Å². The van der Waals surface area contributed by atoms with E-state index in [1.54, 1.807) is 18.2 Å². The molecule has 3 rings (SSSR count). The van der Waals surface area contributed by atoms with Gasteiger partial charge in [-0.1, -0.05) is 23.2 Å². The minimum atomic E-state index is 0.158. The number of aromatic nitrogens is 2. The highest BCUT2D eigenvalue weighted by Gasteiger charge is 2.15. The lowest BCUT2D eigenvalue weighted by atomic mass is 10.2. The second-order valence-electron chi connectivity index (χ2n) is 4.47. The highest BCUT2D eigenvalue weighted by atomic mass is 35.5. The number of halogens is 2. The number of aryl methyl sites for hydroxylation is 1. The van der Waals surface area contributed by atoms with Gasteiger partial charge in [0.15, 0.2) is 0 Å². The number of hydrogen-bond donors (Lipinski definition) is 1. The molecule has 5 heteroatoms. The van der Waals surface area contributed by atoms with Gasteiger partial charge in [-0.15, -0.1) is 0 Å². The highest BCUT2D eigenvalue weighted by molar-refractivity contribution is 6.31. The fourth-order valence-corrected chi connectivity index (χ4v) is 2.65. The third-order valence-electron chi connectivity index (χ3n) is 3.23. The standard InChI is InChI=1S/C15H12Cl2N2O/c1-2-19-13-5-3-10(17)8-12(13)18-15(19)11-7-9(16)4-6-14(11)20/h3-8,20H,2H2,1H3. The van der Waals surface area contributed by atoms with E-state index < -0.39 is 0 Å². The van der Waals surface area contributed by atoms with Crippen molar-refractivity contribution >= 4 is 34.2 Å². The zero-order chi connectivity index (χ0) is 14.3. The molecule has 1 aromatic heterocycles. The van der Waals surface area contributed by atoms with Crippen molar-refractivity contribution in [3.8, 4) is 17.1 Å². The molecule has 20 heavy (non-hydrogen) atoms. The lowest BCUT2D eigenvalue weighted by Crippen LogP contribution is -1.97. The fraction of sp³-hybridized carbons (Fsp3) is 0.133. The molecule has 0 aliphatic heterocycles. The number of benzene rings is 2. The van der Waals surface area contributed by atoms with Gasteiger partial charge in [0.05, 0.1) is 16.6 Å². The molecule has 0 radical (unpaired) electrons. The number of phenolic OH excluding ortho intramolecular Hbond substituents is 1. The quantitative estimate of drug-likeness (QED) is 0.743. The summed E-state index contributed by atoms with van der Waals surface area (Å²) in [5.41, 5.74) is 2.40. The summed E-state index contributed by atoms with van der Waals surface area (Å²) < 4.78 is 2.02. The largest absolute Gasteiger partial charge is 0.507 e. The number of nitrogens with zero attached hydrogens (tertiary/aromatic N) is 2. The minimum Gasteiger partial charge on any atom is -0.507 e. The first kappa shape index (κ1) is 13.3. The highest BCUT2D eigenvalue weighted by Crippen LogP contribution is 2.33. The molecule has 0 saturated heterocycles. The van der Waals surface area contributed by atoms with Gasteiger partial charge in [-0.05, 0) is 43.3 Å². The van der Waals surface area contributed by atoms with Crippen molar-refractivity contribution in [2.45, 2.75) is 13.5 Å². The number of phenols is 1. The van der Waals surface area contributed by atoms with Crippen LogP contribution in [0.15, 0.2) is 36.4 Å². The van der Waals surface area contributed by atoms with Crippen LogP contribution in [-0.4, -0.2) is 14.7 Å². The molecule has 0 bridgehead atoms. The van der Waals surface area contributed by atoms with E-state index in [1.165, 1.54) is 0 Å². The lowest BCUT2D eigenvalue weighted by Gasteiger charge is -2.08. The Bertz CT molecular complexity index is 796. The molecular formula is C15H12Cl2N2O. The van der Waals surface area contributed by atoms with Crippen LogP contribution < -0.4 is 0 Å². The summed E-state index contributed by atoms with van der Waals surface area (Å²) in [5, 5.41) is 11.2. The molecule has 3 aromatic rings. The van der Waals surface area contributed by atoms with E-state index in [9.17, 15) is 5.11 Å². The predicted octanol–water partition coefficient (Wildman–Crippen LogP) is 4.74. The Morgan fingerprint density at radius 2 is 1.80 bits per heavy atom. The van der Waals surface area contributed by atoms with Gasteiger partial charge in [0.25, 0.3) is 0 Å². The number of imidazole rings is 1. The van der Waals surface area contributed by atoms with Gasteiger partial charge < -0.3 is 9.67 Å². The van der Waals surface area contributed by atoms with E-state index in [0.29, 0.717) is 21.4 Å². The monoisotopic (exact) mass is 306 g/mol. The maximum atomic E-state index is 10.1. The molecule has 3 nitrogen and oxygen atoms in total. The van der Waals surface area contributed by atoms with Crippen LogP contribution in [0, 0.1) is 0 Å². The molecule has 0 fully saturated rings. The maximum absolute atomic E-state index is 10.1. The first-order chi connectivity index (χ1) is 9.60. The van der Waals surface area contributed by atoms with Crippen LogP contribution in [0.4, 0.5) is 0 Å². The molecule has 0 atom stereocenters. The summed E-state index contributed by atoms with van der Waals surface area (Å²) in [6.07, 6.45) is 0. The van der Waals surface area contributed by atoms with E-state index in [0.717, 1.165) is 17.6 Å². The van der Waals surface area contributed by atoms with Gasteiger partial charge in [0, 0.05) is 16.6 Å². The second kappa shape index (κ2) is 5.00. The van der Waals surface area contributed by atoms with Crippen molar-refractivity contribution in [2.75, 3.05) is 0 Å². The van der Waals surface area contributed by atoms with Gasteiger partial charge in [-0.25, -0.2) is 4.98 Å². The molecule has 0 saturated carbocycles. The van der Waals surface area contributed by atoms with Crippen molar-refractivity contribution in [3.63, 3.8) is 0 Å².